The van der Waals surface area contributed by atoms with E-state index >= 15 is 0 Å². The van der Waals surface area contributed by atoms with Gasteiger partial charge in [-0.05, 0) is 49.7 Å². The van der Waals surface area contributed by atoms with E-state index in [0.29, 0.717) is 0 Å². The summed E-state index contributed by atoms with van der Waals surface area (Å²) in [5, 5.41) is 2.05. The first-order chi connectivity index (χ1) is 9.61. The van der Waals surface area contributed by atoms with Gasteiger partial charge >= 0.3 is 0 Å². The summed E-state index contributed by atoms with van der Waals surface area (Å²) in [6.07, 6.45) is 0. The Bertz CT molecular complexity index is 548. The summed E-state index contributed by atoms with van der Waals surface area (Å²) in [6.45, 7) is 2.74. The number of hydrogen-bond donors (Lipinski definition) is 0. The number of likely N-dealkylation sites (N-methyl/N-ethyl adjacent to an activating group) is 1. The molecule has 2 aromatic rings. The Hall–Kier alpha value is -1.65. The van der Waals surface area contributed by atoms with Gasteiger partial charge in [0.2, 0.25) is 0 Å². The van der Waals surface area contributed by atoms with Gasteiger partial charge in [0.1, 0.15) is 5.75 Å². The van der Waals surface area contributed by atoms with E-state index in [1.165, 1.54) is 4.88 Å². The Balaban J connectivity index is 2.03. The van der Waals surface area contributed by atoms with Crippen LogP contribution in [0.1, 0.15) is 22.2 Å². The number of carbonyl (C=O) groups excluding carboxylic acids is 1. The first kappa shape index (κ1) is 14.8. The molecule has 0 saturated heterocycles. The molecule has 0 radical (unpaired) electrons. The van der Waals surface area contributed by atoms with Crippen LogP contribution in [0.25, 0.3) is 0 Å². The summed E-state index contributed by atoms with van der Waals surface area (Å²) in [5.41, 5.74) is 0.719. The van der Waals surface area contributed by atoms with Crippen molar-refractivity contribution in [3.05, 3.63) is 52.2 Å². The first-order valence-electron chi connectivity index (χ1n) is 6.52. The van der Waals surface area contributed by atoms with Crippen molar-refractivity contribution in [3.63, 3.8) is 0 Å². The highest BCUT2D eigenvalue weighted by atomic mass is 32.1. The Morgan fingerprint density at radius 3 is 2.55 bits per heavy atom. The van der Waals surface area contributed by atoms with Gasteiger partial charge in [-0.1, -0.05) is 6.07 Å². The number of hydrogen-bond acceptors (Lipinski definition) is 4. The standard InChI is InChI=1S/C16H19NO2S/c1-12(17(2)11-15-5-4-10-20-15)16(18)13-6-8-14(19-3)9-7-13/h4-10,12H,11H2,1-3H3. The summed E-state index contributed by atoms with van der Waals surface area (Å²) in [6, 6.07) is 11.2. The van der Waals surface area contributed by atoms with Gasteiger partial charge in [-0.3, -0.25) is 9.69 Å². The van der Waals surface area contributed by atoms with E-state index in [1.54, 1.807) is 18.4 Å². The van der Waals surface area contributed by atoms with Crippen LogP contribution in [0.2, 0.25) is 0 Å². The number of carbonyl (C=O) groups is 1. The van der Waals surface area contributed by atoms with E-state index in [4.69, 9.17) is 4.74 Å². The van der Waals surface area contributed by atoms with Crippen molar-refractivity contribution in [2.45, 2.75) is 19.5 Å². The highest BCUT2D eigenvalue weighted by molar-refractivity contribution is 7.09. The van der Waals surface area contributed by atoms with Gasteiger partial charge in [0.25, 0.3) is 0 Å². The lowest BCUT2D eigenvalue weighted by atomic mass is 10.0. The molecular weight excluding hydrogens is 270 g/mol. The minimum absolute atomic E-state index is 0.131. The summed E-state index contributed by atoms with van der Waals surface area (Å²) < 4.78 is 5.11. The number of Topliss-reactive ketones (excluding diaryl/α,β-unsaturated/α-hetero) is 1. The van der Waals surface area contributed by atoms with E-state index < -0.39 is 0 Å². The molecule has 1 aromatic heterocycles. The summed E-state index contributed by atoms with van der Waals surface area (Å²) in [5.74, 6) is 0.896. The number of nitrogens with zero attached hydrogens (tertiary/aromatic N) is 1. The molecule has 3 nitrogen and oxygen atoms in total. The third kappa shape index (κ3) is 3.46. The molecule has 0 fully saturated rings. The molecule has 106 valence electrons. The van der Waals surface area contributed by atoms with Gasteiger partial charge in [0.15, 0.2) is 5.78 Å². The van der Waals surface area contributed by atoms with Crippen molar-refractivity contribution < 1.29 is 9.53 Å². The zero-order valence-electron chi connectivity index (χ0n) is 12.0. The minimum atomic E-state index is -0.148. The normalized spacial score (nSPS) is 12.4. The van der Waals surface area contributed by atoms with Crippen LogP contribution in [-0.2, 0) is 6.54 Å². The van der Waals surface area contributed by atoms with Crippen molar-refractivity contribution in [1.29, 1.82) is 0 Å². The van der Waals surface area contributed by atoms with Gasteiger partial charge < -0.3 is 4.74 Å². The zero-order chi connectivity index (χ0) is 14.5. The van der Waals surface area contributed by atoms with Gasteiger partial charge in [0, 0.05) is 17.0 Å². The molecule has 1 atom stereocenters. The molecule has 0 spiro atoms. The Morgan fingerprint density at radius 1 is 1.30 bits per heavy atom. The monoisotopic (exact) mass is 289 g/mol. The highest BCUT2D eigenvalue weighted by Crippen LogP contribution is 2.17. The Kier molecular flexibility index (Phi) is 4.93. The fraction of sp³-hybridized carbons (Fsp3) is 0.312. The lowest BCUT2D eigenvalue weighted by molar-refractivity contribution is 0.0863. The second-order valence-corrected chi connectivity index (χ2v) is 5.80. The molecule has 0 saturated carbocycles. The maximum Gasteiger partial charge on any atom is 0.179 e. The quantitative estimate of drug-likeness (QED) is 0.763. The molecule has 1 aromatic carbocycles. The topological polar surface area (TPSA) is 29.5 Å². The SMILES string of the molecule is COc1ccc(C(=O)C(C)N(C)Cc2cccs2)cc1. The van der Waals surface area contributed by atoms with Crippen LogP contribution in [0.3, 0.4) is 0 Å². The average Bonchev–Trinajstić information content (AvgIpc) is 2.98. The number of rotatable bonds is 6. The van der Waals surface area contributed by atoms with Crippen LogP contribution in [0, 0.1) is 0 Å². The van der Waals surface area contributed by atoms with Crippen molar-refractivity contribution in [2.24, 2.45) is 0 Å². The molecule has 0 aliphatic rings. The zero-order valence-corrected chi connectivity index (χ0v) is 12.8. The Labute approximate surface area is 123 Å². The van der Waals surface area contributed by atoms with Crippen molar-refractivity contribution in [3.8, 4) is 5.75 Å². The fourth-order valence-electron chi connectivity index (χ4n) is 1.98. The molecule has 4 heteroatoms. The average molecular weight is 289 g/mol. The van der Waals surface area contributed by atoms with Crippen LogP contribution >= 0.6 is 11.3 Å². The number of ether oxygens (including phenoxy) is 1. The van der Waals surface area contributed by atoms with E-state index in [9.17, 15) is 4.79 Å². The molecule has 0 aliphatic heterocycles. The molecule has 0 amide bonds. The van der Waals surface area contributed by atoms with Gasteiger partial charge in [-0.25, -0.2) is 0 Å². The van der Waals surface area contributed by atoms with Crippen LogP contribution in [-0.4, -0.2) is 30.9 Å². The van der Waals surface area contributed by atoms with Crippen LogP contribution in [0.5, 0.6) is 5.75 Å². The number of thiophene rings is 1. The van der Waals surface area contributed by atoms with E-state index in [-0.39, 0.29) is 11.8 Å². The van der Waals surface area contributed by atoms with Gasteiger partial charge in [-0.2, -0.15) is 0 Å². The van der Waals surface area contributed by atoms with E-state index in [2.05, 4.69) is 16.3 Å². The first-order valence-corrected chi connectivity index (χ1v) is 7.40. The van der Waals surface area contributed by atoms with Crippen LogP contribution in [0.4, 0.5) is 0 Å². The van der Waals surface area contributed by atoms with Crippen molar-refractivity contribution in [1.82, 2.24) is 4.90 Å². The second-order valence-electron chi connectivity index (χ2n) is 4.76. The van der Waals surface area contributed by atoms with Crippen molar-refractivity contribution in [2.75, 3.05) is 14.2 Å². The van der Waals surface area contributed by atoms with Crippen molar-refractivity contribution >= 4 is 17.1 Å². The lowest BCUT2D eigenvalue weighted by Crippen LogP contribution is -2.35. The summed E-state index contributed by atoms with van der Waals surface area (Å²) >= 11 is 1.71. The fourth-order valence-corrected chi connectivity index (χ4v) is 2.75. The highest BCUT2D eigenvalue weighted by Gasteiger charge is 2.19. The smallest absolute Gasteiger partial charge is 0.179 e. The van der Waals surface area contributed by atoms with Gasteiger partial charge in [0.05, 0.1) is 13.2 Å². The molecular formula is C16H19NO2S. The molecule has 0 bridgehead atoms. The molecule has 1 unspecified atom stereocenters. The van der Waals surface area contributed by atoms with Crippen LogP contribution in [0.15, 0.2) is 41.8 Å². The lowest BCUT2D eigenvalue weighted by Gasteiger charge is -2.23. The largest absolute Gasteiger partial charge is 0.497 e. The number of methoxy groups -OCH3 is 1. The van der Waals surface area contributed by atoms with E-state index in [0.717, 1.165) is 17.9 Å². The third-order valence-electron chi connectivity index (χ3n) is 3.40. The molecule has 0 aliphatic carbocycles. The van der Waals surface area contributed by atoms with Gasteiger partial charge in [-0.15, -0.1) is 11.3 Å². The number of ketones is 1. The summed E-state index contributed by atoms with van der Waals surface area (Å²) in [7, 11) is 3.60. The maximum atomic E-state index is 12.4. The molecule has 20 heavy (non-hydrogen) atoms. The molecule has 0 N–H and O–H groups in total. The van der Waals surface area contributed by atoms with Crippen LogP contribution < -0.4 is 4.74 Å². The van der Waals surface area contributed by atoms with E-state index in [1.807, 2.05) is 44.3 Å². The maximum absolute atomic E-state index is 12.4. The second kappa shape index (κ2) is 6.68. The minimum Gasteiger partial charge on any atom is -0.497 e. The Morgan fingerprint density at radius 2 is 2.00 bits per heavy atom. The predicted octanol–water partition coefficient (Wildman–Crippen LogP) is 3.46. The predicted molar refractivity (Wildman–Crippen MR) is 82.6 cm³/mol. The third-order valence-corrected chi connectivity index (χ3v) is 4.26. The summed E-state index contributed by atoms with van der Waals surface area (Å²) in [4.78, 5) is 15.8. The molecule has 1 heterocycles. The molecule has 2 rings (SSSR count). The number of benzene rings is 1.